The molecule has 1 unspecified atom stereocenters. The van der Waals surface area contributed by atoms with Crippen LogP contribution in [0.1, 0.15) is 27.0 Å². The summed E-state index contributed by atoms with van der Waals surface area (Å²) in [6.45, 7) is 11.2. The highest BCUT2D eigenvalue weighted by molar-refractivity contribution is 7.13. The van der Waals surface area contributed by atoms with Crippen LogP contribution in [-0.2, 0) is 11.3 Å². The quantitative estimate of drug-likeness (QED) is 0.717. The molecule has 2 saturated heterocycles. The van der Waals surface area contributed by atoms with Gasteiger partial charge < -0.3 is 9.80 Å². The molecule has 2 fully saturated rings. The van der Waals surface area contributed by atoms with Gasteiger partial charge in [-0.15, -0.1) is 11.3 Å². The molecule has 3 heterocycles. The third-order valence-electron chi connectivity index (χ3n) is 6.39. The Morgan fingerprint density at radius 1 is 0.871 bits per heavy atom. The van der Waals surface area contributed by atoms with Crippen LogP contribution in [0.15, 0.2) is 42.5 Å². The summed E-state index contributed by atoms with van der Waals surface area (Å²) in [5, 5.41) is 0. The minimum atomic E-state index is -0.137. The summed E-state index contributed by atoms with van der Waals surface area (Å²) in [4.78, 5) is 36.3. The molecule has 2 aliphatic heterocycles. The summed E-state index contributed by atoms with van der Waals surface area (Å²) in [6.07, 6.45) is 0. The SMILES string of the molecule is Cc1ccc(C(=O)N2CCN(C(C)C(=O)N3CCN(Cc4ccccc4)CC3)CC2)s1. The maximum absolute atomic E-state index is 13.1. The Balaban J connectivity index is 1.23. The zero-order valence-corrected chi connectivity index (χ0v) is 19.3. The molecular weight excluding hydrogens is 408 g/mol. The standard InChI is InChI=1S/C24H32N4O2S/c1-19-8-9-22(31-19)24(30)28-16-14-26(15-17-28)20(2)23(29)27-12-10-25(11-13-27)18-21-6-4-3-5-7-21/h3-9,20H,10-18H2,1-2H3. The molecule has 0 N–H and O–H groups in total. The van der Waals surface area contributed by atoms with Crippen molar-refractivity contribution in [2.24, 2.45) is 0 Å². The molecule has 0 spiro atoms. The molecule has 1 aromatic heterocycles. The monoisotopic (exact) mass is 440 g/mol. The summed E-state index contributed by atoms with van der Waals surface area (Å²) >= 11 is 1.55. The highest BCUT2D eigenvalue weighted by Gasteiger charge is 2.31. The van der Waals surface area contributed by atoms with Crippen LogP contribution in [0.5, 0.6) is 0 Å². The highest BCUT2D eigenvalue weighted by Crippen LogP contribution is 2.19. The van der Waals surface area contributed by atoms with E-state index in [2.05, 4.69) is 34.1 Å². The minimum Gasteiger partial charge on any atom is -0.339 e. The predicted molar refractivity (Wildman–Crippen MR) is 124 cm³/mol. The summed E-state index contributed by atoms with van der Waals surface area (Å²) in [6, 6.07) is 14.3. The van der Waals surface area contributed by atoms with Crippen LogP contribution in [-0.4, -0.2) is 89.8 Å². The van der Waals surface area contributed by atoms with Crippen molar-refractivity contribution in [3.8, 4) is 0 Å². The third kappa shape index (κ3) is 5.34. The number of hydrogen-bond acceptors (Lipinski definition) is 5. The van der Waals surface area contributed by atoms with Crippen LogP contribution in [0.4, 0.5) is 0 Å². The number of rotatable bonds is 5. The van der Waals surface area contributed by atoms with E-state index in [0.29, 0.717) is 13.1 Å². The van der Waals surface area contributed by atoms with Crippen molar-refractivity contribution in [1.29, 1.82) is 0 Å². The second kappa shape index (κ2) is 9.94. The molecule has 4 rings (SSSR count). The average molecular weight is 441 g/mol. The van der Waals surface area contributed by atoms with Gasteiger partial charge in [0.1, 0.15) is 0 Å². The number of amides is 2. The van der Waals surface area contributed by atoms with Gasteiger partial charge in [0.15, 0.2) is 0 Å². The van der Waals surface area contributed by atoms with Gasteiger partial charge in [0.05, 0.1) is 10.9 Å². The van der Waals surface area contributed by atoms with Gasteiger partial charge in [-0.3, -0.25) is 19.4 Å². The third-order valence-corrected chi connectivity index (χ3v) is 7.38. The highest BCUT2D eigenvalue weighted by atomic mass is 32.1. The first kappa shape index (κ1) is 22.0. The van der Waals surface area contributed by atoms with Crippen molar-refractivity contribution in [3.05, 3.63) is 57.8 Å². The lowest BCUT2D eigenvalue weighted by Gasteiger charge is -2.41. The van der Waals surface area contributed by atoms with Crippen LogP contribution >= 0.6 is 11.3 Å². The number of benzene rings is 1. The number of aryl methyl sites for hydroxylation is 1. The lowest BCUT2D eigenvalue weighted by Crippen LogP contribution is -2.57. The van der Waals surface area contributed by atoms with Crippen LogP contribution < -0.4 is 0 Å². The molecule has 2 aromatic rings. The van der Waals surface area contributed by atoms with Crippen molar-refractivity contribution < 1.29 is 9.59 Å². The van der Waals surface area contributed by atoms with Crippen molar-refractivity contribution in [3.63, 3.8) is 0 Å². The summed E-state index contributed by atoms with van der Waals surface area (Å²) in [7, 11) is 0. The molecule has 0 aliphatic carbocycles. The number of carbonyl (C=O) groups excluding carboxylic acids is 2. The van der Waals surface area contributed by atoms with Crippen LogP contribution in [0, 0.1) is 6.92 Å². The van der Waals surface area contributed by atoms with Gasteiger partial charge in [-0.05, 0) is 31.5 Å². The first-order valence-electron chi connectivity index (χ1n) is 11.2. The fraction of sp³-hybridized carbons (Fsp3) is 0.500. The van der Waals surface area contributed by atoms with Crippen molar-refractivity contribution in [1.82, 2.24) is 19.6 Å². The fourth-order valence-corrected chi connectivity index (χ4v) is 5.24. The maximum Gasteiger partial charge on any atom is 0.264 e. The topological polar surface area (TPSA) is 47.1 Å². The number of piperazine rings is 2. The van der Waals surface area contributed by atoms with E-state index in [1.807, 2.05) is 41.8 Å². The maximum atomic E-state index is 13.1. The first-order chi connectivity index (χ1) is 15.0. The minimum absolute atomic E-state index is 0.117. The number of nitrogens with zero attached hydrogens (tertiary/aromatic N) is 4. The van der Waals surface area contributed by atoms with Crippen LogP contribution in [0.3, 0.4) is 0 Å². The number of hydrogen-bond donors (Lipinski definition) is 0. The largest absolute Gasteiger partial charge is 0.339 e. The molecule has 1 aromatic carbocycles. The fourth-order valence-electron chi connectivity index (χ4n) is 4.41. The number of thiophene rings is 1. The smallest absolute Gasteiger partial charge is 0.264 e. The summed E-state index contributed by atoms with van der Waals surface area (Å²) in [5.74, 6) is 0.333. The Morgan fingerprint density at radius 3 is 2.13 bits per heavy atom. The van der Waals surface area contributed by atoms with Crippen molar-refractivity contribution in [2.45, 2.75) is 26.4 Å². The van der Waals surface area contributed by atoms with Gasteiger partial charge in [0, 0.05) is 63.8 Å². The number of carbonyl (C=O) groups is 2. The van der Waals surface area contributed by atoms with E-state index in [0.717, 1.165) is 55.6 Å². The Hall–Kier alpha value is -2.22. The van der Waals surface area contributed by atoms with Crippen LogP contribution in [0.25, 0.3) is 0 Å². The van der Waals surface area contributed by atoms with Gasteiger partial charge >= 0.3 is 0 Å². The van der Waals surface area contributed by atoms with E-state index in [9.17, 15) is 9.59 Å². The van der Waals surface area contributed by atoms with E-state index in [1.165, 1.54) is 5.56 Å². The summed E-state index contributed by atoms with van der Waals surface area (Å²) < 4.78 is 0. The van der Waals surface area contributed by atoms with E-state index in [1.54, 1.807) is 11.3 Å². The van der Waals surface area contributed by atoms with Crippen LogP contribution in [0.2, 0.25) is 0 Å². The molecule has 7 heteroatoms. The lowest BCUT2D eigenvalue weighted by atomic mass is 10.1. The Kier molecular flexibility index (Phi) is 7.05. The van der Waals surface area contributed by atoms with Gasteiger partial charge in [-0.1, -0.05) is 30.3 Å². The molecule has 31 heavy (non-hydrogen) atoms. The molecule has 0 bridgehead atoms. The normalized spacial score (nSPS) is 19.4. The molecule has 1 atom stereocenters. The van der Waals surface area contributed by atoms with Crippen molar-refractivity contribution >= 4 is 23.2 Å². The van der Waals surface area contributed by atoms with Crippen molar-refractivity contribution in [2.75, 3.05) is 52.4 Å². The van der Waals surface area contributed by atoms with E-state index in [-0.39, 0.29) is 17.9 Å². The zero-order chi connectivity index (χ0) is 21.8. The second-order valence-corrected chi connectivity index (χ2v) is 9.79. The Labute approximate surface area is 189 Å². The molecule has 0 saturated carbocycles. The lowest BCUT2D eigenvalue weighted by molar-refractivity contribution is -0.138. The molecule has 2 amide bonds. The zero-order valence-electron chi connectivity index (χ0n) is 18.5. The average Bonchev–Trinajstić information content (AvgIpc) is 3.25. The van der Waals surface area contributed by atoms with E-state index < -0.39 is 0 Å². The molecule has 0 radical (unpaired) electrons. The molecule has 6 nitrogen and oxygen atoms in total. The van der Waals surface area contributed by atoms with E-state index >= 15 is 0 Å². The predicted octanol–water partition coefficient (Wildman–Crippen LogP) is 2.55. The first-order valence-corrected chi connectivity index (χ1v) is 12.0. The Morgan fingerprint density at radius 2 is 1.52 bits per heavy atom. The second-order valence-electron chi connectivity index (χ2n) is 8.50. The molecular formula is C24H32N4O2S. The van der Waals surface area contributed by atoms with Gasteiger partial charge in [-0.2, -0.15) is 0 Å². The molecule has 166 valence electrons. The van der Waals surface area contributed by atoms with Gasteiger partial charge in [0.2, 0.25) is 5.91 Å². The summed E-state index contributed by atoms with van der Waals surface area (Å²) in [5.41, 5.74) is 1.32. The van der Waals surface area contributed by atoms with Gasteiger partial charge in [0.25, 0.3) is 5.91 Å². The molecule has 2 aliphatic rings. The van der Waals surface area contributed by atoms with E-state index in [4.69, 9.17) is 0 Å². The van der Waals surface area contributed by atoms with Gasteiger partial charge in [-0.25, -0.2) is 0 Å². The Bertz CT molecular complexity index is 884.